The molecule has 0 fully saturated rings. The van der Waals surface area contributed by atoms with E-state index in [0.717, 1.165) is 11.1 Å². The molecule has 3 atom stereocenters. The van der Waals surface area contributed by atoms with E-state index in [-0.39, 0.29) is 38.1 Å². The maximum Gasteiger partial charge on any atom is 0.408 e. The molecule has 0 bridgehead atoms. The van der Waals surface area contributed by atoms with Crippen LogP contribution in [0.25, 0.3) is 0 Å². The Morgan fingerprint density at radius 2 is 1.55 bits per heavy atom. The number of nitrogens with one attached hydrogen (secondary N) is 1. The molecule has 0 aromatic heterocycles. The number of hydrogen-bond donors (Lipinski definition) is 2. The Morgan fingerprint density at radius 3 is 2.09 bits per heavy atom. The van der Waals surface area contributed by atoms with Gasteiger partial charge in [-0.25, -0.2) is 4.79 Å². The van der Waals surface area contributed by atoms with Crippen molar-refractivity contribution in [2.24, 2.45) is 11.8 Å². The predicted octanol–water partition coefficient (Wildman–Crippen LogP) is 4.98. The van der Waals surface area contributed by atoms with Crippen LogP contribution in [0.3, 0.4) is 0 Å². The minimum Gasteiger partial charge on any atom is -0.466 e. The fourth-order valence-electron chi connectivity index (χ4n) is 3.50. The van der Waals surface area contributed by atoms with Crippen molar-refractivity contribution in [2.45, 2.75) is 46.0 Å². The highest BCUT2D eigenvalue weighted by Gasteiger charge is 2.38. The van der Waals surface area contributed by atoms with E-state index in [2.05, 4.69) is 5.32 Å². The molecule has 2 rings (SSSR count). The number of esters is 1. The molecule has 180 valence electrons. The quantitative estimate of drug-likeness (QED) is 0.332. The molecule has 2 aromatic rings. The maximum atomic E-state index is 13.4. The molecule has 8 heteroatoms. The Bertz CT molecular complexity index is 919. The van der Waals surface area contributed by atoms with Gasteiger partial charge in [-0.3, -0.25) is 9.36 Å². The summed E-state index contributed by atoms with van der Waals surface area (Å²) in [4.78, 5) is 36.0. The summed E-state index contributed by atoms with van der Waals surface area (Å²) in [6.45, 7) is 5.73. The highest BCUT2D eigenvalue weighted by atomic mass is 31.2. The minimum absolute atomic E-state index is 0.0417. The molecule has 0 saturated carbocycles. The van der Waals surface area contributed by atoms with Gasteiger partial charge in [0.1, 0.15) is 12.4 Å². The molecule has 0 aliphatic rings. The molecule has 2 aromatic carbocycles. The second-order valence-corrected chi connectivity index (χ2v) is 10.9. The molecule has 0 spiro atoms. The first kappa shape index (κ1) is 26.6. The largest absolute Gasteiger partial charge is 0.466 e. The number of hydrogen-bond acceptors (Lipinski definition) is 5. The van der Waals surface area contributed by atoms with Crippen LogP contribution in [0.1, 0.15) is 38.3 Å². The number of carbonyl (C=O) groups is 2. The van der Waals surface area contributed by atoms with Gasteiger partial charge in [-0.05, 0) is 36.8 Å². The third kappa shape index (κ3) is 9.40. The molecular weight excluding hydrogens is 441 g/mol. The van der Waals surface area contributed by atoms with Crippen molar-refractivity contribution < 1.29 is 28.5 Å². The standard InChI is InChI=1S/C25H34NO6P/c1-4-31-24(27)22(16-20-11-7-5-8-12-20)18-33(29,30)23(15-19(2)3)26-25(28)32-17-21-13-9-6-10-14-21/h5-14,19,22-23H,4,15-18H2,1-3H3,(H,26,28)(H,29,30). The van der Waals surface area contributed by atoms with Gasteiger partial charge >= 0.3 is 12.1 Å². The Kier molecular flexibility index (Phi) is 10.6. The van der Waals surface area contributed by atoms with Crippen LogP contribution in [0.5, 0.6) is 0 Å². The fraction of sp³-hybridized carbons (Fsp3) is 0.440. The van der Waals surface area contributed by atoms with Crippen molar-refractivity contribution in [3.8, 4) is 0 Å². The van der Waals surface area contributed by atoms with Gasteiger partial charge in [0.05, 0.1) is 12.5 Å². The van der Waals surface area contributed by atoms with Gasteiger partial charge in [-0.1, -0.05) is 74.5 Å². The molecule has 0 saturated heterocycles. The number of alkyl carbamates (subject to hydrolysis) is 1. The molecule has 0 heterocycles. The first-order valence-corrected chi connectivity index (χ1v) is 13.1. The van der Waals surface area contributed by atoms with Gasteiger partial charge < -0.3 is 19.7 Å². The fourth-order valence-corrected chi connectivity index (χ4v) is 5.72. The van der Waals surface area contributed by atoms with Gasteiger partial charge in [0.2, 0.25) is 7.37 Å². The molecule has 3 unspecified atom stereocenters. The van der Waals surface area contributed by atoms with Crippen LogP contribution in [0.2, 0.25) is 0 Å². The zero-order valence-electron chi connectivity index (χ0n) is 19.5. The van der Waals surface area contributed by atoms with Crippen molar-refractivity contribution in [3.63, 3.8) is 0 Å². The predicted molar refractivity (Wildman–Crippen MR) is 128 cm³/mol. The van der Waals surface area contributed by atoms with E-state index in [4.69, 9.17) is 9.47 Å². The molecule has 2 N–H and O–H groups in total. The van der Waals surface area contributed by atoms with Crippen molar-refractivity contribution in [1.82, 2.24) is 5.32 Å². The lowest BCUT2D eigenvalue weighted by Crippen LogP contribution is -2.38. The zero-order valence-corrected chi connectivity index (χ0v) is 20.4. The molecular formula is C25H34NO6P. The summed E-state index contributed by atoms with van der Waals surface area (Å²) in [5, 5.41) is 2.57. The van der Waals surface area contributed by atoms with Crippen LogP contribution in [0.15, 0.2) is 60.7 Å². The second-order valence-electron chi connectivity index (χ2n) is 8.43. The summed E-state index contributed by atoms with van der Waals surface area (Å²) in [5.41, 5.74) is 1.68. The molecule has 1 amide bonds. The lowest BCUT2D eigenvalue weighted by atomic mass is 10.0. The first-order chi connectivity index (χ1) is 15.7. The zero-order chi connectivity index (χ0) is 24.3. The number of carbonyl (C=O) groups excluding carboxylic acids is 2. The van der Waals surface area contributed by atoms with Crippen LogP contribution in [-0.2, 0) is 31.9 Å². The van der Waals surface area contributed by atoms with Crippen LogP contribution >= 0.6 is 7.37 Å². The lowest BCUT2D eigenvalue weighted by Gasteiger charge is -2.28. The Balaban J connectivity index is 2.12. The minimum atomic E-state index is -3.99. The van der Waals surface area contributed by atoms with Crippen molar-refractivity contribution in [1.29, 1.82) is 0 Å². The van der Waals surface area contributed by atoms with Gasteiger partial charge in [0.25, 0.3) is 0 Å². The van der Waals surface area contributed by atoms with Gasteiger partial charge in [0.15, 0.2) is 0 Å². The average Bonchev–Trinajstić information content (AvgIpc) is 2.78. The van der Waals surface area contributed by atoms with Crippen molar-refractivity contribution in [2.75, 3.05) is 12.8 Å². The third-order valence-corrected chi connectivity index (χ3v) is 7.38. The number of benzene rings is 2. The summed E-state index contributed by atoms with van der Waals surface area (Å²) in [6.07, 6.45) is -0.516. The normalized spacial score (nSPS) is 14.7. The van der Waals surface area contributed by atoms with Crippen LogP contribution in [0, 0.1) is 11.8 Å². The molecule has 0 aliphatic heterocycles. The highest BCUT2D eigenvalue weighted by molar-refractivity contribution is 7.58. The highest BCUT2D eigenvalue weighted by Crippen LogP contribution is 2.49. The van der Waals surface area contributed by atoms with Crippen molar-refractivity contribution >= 4 is 19.4 Å². The second kappa shape index (κ2) is 13.2. The van der Waals surface area contributed by atoms with Crippen LogP contribution in [0.4, 0.5) is 4.79 Å². The third-order valence-electron chi connectivity index (χ3n) is 5.11. The summed E-state index contributed by atoms with van der Waals surface area (Å²) in [6, 6.07) is 18.5. The van der Waals surface area contributed by atoms with Gasteiger partial charge in [-0.2, -0.15) is 0 Å². The number of amides is 1. The Labute approximate surface area is 196 Å². The Morgan fingerprint density at radius 1 is 0.970 bits per heavy atom. The smallest absolute Gasteiger partial charge is 0.408 e. The van der Waals surface area contributed by atoms with E-state index in [1.54, 1.807) is 6.92 Å². The summed E-state index contributed by atoms with van der Waals surface area (Å²) in [7, 11) is -3.99. The molecule has 33 heavy (non-hydrogen) atoms. The molecule has 7 nitrogen and oxygen atoms in total. The van der Waals surface area contributed by atoms with E-state index >= 15 is 0 Å². The topological polar surface area (TPSA) is 102 Å². The van der Waals surface area contributed by atoms with E-state index in [9.17, 15) is 19.0 Å². The Hall–Kier alpha value is -2.63. The van der Waals surface area contributed by atoms with E-state index in [1.807, 2.05) is 74.5 Å². The first-order valence-electron chi connectivity index (χ1n) is 11.2. The summed E-state index contributed by atoms with van der Waals surface area (Å²) >= 11 is 0. The van der Waals surface area contributed by atoms with E-state index in [0.29, 0.717) is 0 Å². The van der Waals surface area contributed by atoms with Gasteiger partial charge in [0, 0.05) is 6.16 Å². The van der Waals surface area contributed by atoms with Gasteiger partial charge in [-0.15, -0.1) is 0 Å². The number of rotatable bonds is 12. The van der Waals surface area contributed by atoms with Crippen LogP contribution < -0.4 is 5.32 Å². The van der Waals surface area contributed by atoms with E-state index in [1.165, 1.54) is 0 Å². The van der Waals surface area contributed by atoms with E-state index < -0.39 is 31.1 Å². The lowest BCUT2D eigenvalue weighted by molar-refractivity contribution is -0.147. The molecule has 0 aliphatic carbocycles. The average molecular weight is 476 g/mol. The SMILES string of the molecule is CCOC(=O)C(Cc1ccccc1)CP(=O)(O)C(CC(C)C)NC(=O)OCc1ccccc1. The summed E-state index contributed by atoms with van der Waals surface area (Å²) in [5.74, 6) is -2.32. The summed E-state index contributed by atoms with van der Waals surface area (Å²) < 4.78 is 23.9. The number of ether oxygens (including phenoxy) is 2. The maximum absolute atomic E-state index is 13.4. The van der Waals surface area contributed by atoms with Crippen LogP contribution in [-0.4, -0.2) is 35.5 Å². The monoisotopic (exact) mass is 475 g/mol. The van der Waals surface area contributed by atoms with Crippen molar-refractivity contribution in [3.05, 3.63) is 71.8 Å². The molecule has 0 radical (unpaired) electrons.